The van der Waals surface area contributed by atoms with Crippen molar-refractivity contribution < 1.29 is 5.11 Å². The van der Waals surface area contributed by atoms with E-state index in [0.717, 1.165) is 4.88 Å². The maximum Gasteiger partial charge on any atom is 0.131 e. The third-order valence-electron chi connectivity index (χ3n) is 2.35. The summed E-state index contributed by atoms with van der Waals surface area (Å²) in [4.78, 5) is 0.879. The van der Waals surface area contributed by atoms with Gasteiger partial charge in [0.05, 0.1) is 16.9 Å². The minimum Gasteiger partial charge on any atom is -0.381 e. The van der Waals surface area contributed by atoms with Crippen LogP contribution in [0.15, 0.2) is 23.7 Å². The molecule has 0 saturated heterocycles. The predicted octanol–water partition coefficient (Wildman–Crippen LogP) is 3.26. The van der Waals surface area contributed by atoms with Gasteiger partial charge in [-0.1, -0.05) is 17.7 Å². The topological polar surface area (TPSA) is 38.0 Å². The highest BCUT2D eigenvalue weighted by Gasteiger charge is 2.21. The Morgan fingerprint density at radius 2 is 2.25 bits per heavy atom. The van der Waals surface area contributed by atoms with Gasteiger partial charge in [0, 0.05) is 10.9 Å². The van der Waals surface area contributed by atoms with Crippen LogP contribution in [0.1, 0.15) is 36.6 Å². The molecule has 1 atom stereocenters. The summed E-state index contributed by atoms with van der Waals surface area (Å²) in [6.07, 6.45) is 0.880. The lowest BCUT2D eigenvalue weighted by atomic mass is 10.2. The van der Waals surface area contributed by atoms with Crippen molar-refractivity contribution in [1.29, 1.82) is 0 Å². The first-order valence-electron chi connectivity index (χ1n) is 5.05. The van der Waals surface area contributed by atoms with E-state index in [4.69, 9.17) is 11.6 Å². The number of hydrogen-bond donors (Lipinski definition) is 1. The summed E-state index contributed by atoms with van der Waals surface area (Å²) in [6, 6.07) is 3.98. The molecule has 0 fully saturated rings. The first-order valence-corrected chi connectivity index (χ1v) is 6.31. The Bertz CT molecular complexity index is 464. The molecule has 0 aliphatic heterocycles. The monoisotopic (exact) mass is 256 g/mol. The Kier molecular flexibility index (Phi) is 3.33. The maximum absolute atomic E-state index is 10.2. The van der Waals surface area contributed by atoms with Crippen molar-refractivity contribution in [1.82, 2.24) is 9.78 Å². The van der Waals surface area contributed by atoms with Crippen LogP contribution in [0, 0.1) is 0 Å². The molecule has 2 heterocycles. The molecular formula is C11H13ClN2OS. The summed E-state index contributed by atoms with van der Waals surface area (Å²) >= 11 is 7.57. The van der Waals surface area contributed by atoms with Gasteiger partial charge in [0.25, 0.3) is 0 Å². The third kappa shape index (κ3) is 2.00. The summed E-state index contributed by atoms with van der Waals surface area (Å²) in [5.41, 5.74) is 0.666. The fourth-order valence-corrected chi connectivity index (χ4v) is 2.55. The second kappa shape index (κ2) is 4.57. The Labute approximate surface area is 103 Å². The van der Waals surface area contributed by atoms with Crippen LogP contribution in [0.3, 0.4) is 0 Å². The van der Waals surface area contributed by atoms with Crippen molar-refractivity contribution >= 4 is 22.9 Å². The van der Waals surface area contributed by atoms with Gasteiger partial charge in [-0.25, -0.2) is 0 Å². The van der Waals surface area contributed by atoms with Crippen LogP contribution < -0.4 is 0 Å². The van der Waals surface area contributed by atoms with Crippen molar-refractivity contribution in [3.63, 3.8) is 0 Å². The van der Waals surface area contributed by atoms with Crippen LogP contribution in [-0.2, 0) is 0 Å². The number of rotatable bonds is 3. The van der Waals surface area contributed by atoms with Crippen molar-refractivity contribution in [3.8, 4) is 0 Å². The molecule has 2 rings (SSSR count). The van der Waals surface area contributed by atoms with Gasteiger partial charge in [0.15, 0.2) is 0 Å². The van der Waals surface area contributed by atoms with Gasteiger partial charge in [-0.15, -0.1) is 11.3 Å². The van der Waals surface area contributed by atoms with Crippen LogP contribution in [-0.4, -0.2) is 14.9 Å². The summed E-state index contributed by atoms with van der Waals surface area (Å²) in [5, 5.41) is 16.9. The highest BCUT2D eigenvalue weighted by molar-refractivity contribution is 7.10. The third-order valence-corrected chi connectivity index (χ3v) is 3.56. The van der Waals surface area contributed by atoms with Crippen LogP contribution in [0.4, 0.5) is 0 Å². The lowest BCUT2D eigenvalue weighted by Crippen LogP contribution is -2.11. The van der Waals surface area contributed by atoms with Crippen molar-refractivity contribution in [2.45, 2.75) is 26.0 Å². The summed E-state index contributed by atoms with van der Waals surface area (Å²) in [6.45, 7) is 4.02. The number of halogens is 1. The molecule has 0 aliphatic carbocycles. The van der Waals surface area contributed by atoms with Crippen LogP contribution >= 0.6 is 22.9 Å². The Morgan fingerprint density at radius 3 is 2.81 bits per heavy atom. The van der Waals surface area contributed by atoms with Crippen LogP contribution in [0.2, 0.25) is 5.02 Å². The molecule has 0 saturated carbocycles. The quantitative estimate of drug-likeness (QED) is 0.915. The minimum atomic E-state index is -0.697. The van der Waals surface area contributed by atoms with E-state index in [0.29, 0.717) is 10.7 Å². The number of aromatic nitrogens is 2. The number of aliphatic hydroxyl groups is 1. The normalized spacial score (nSPS) is 13.3. The number of thiophene rings is 1. The molecule has 2 aromatic rings. The standard InChI is InChI=1S/C11H13ClN2OS/c1-7(2)14-10(8(12)6-13-14)11(15)9-4-3-5-16-9/h3-7,11,15H,1-2H3. The molecule has 0 amide bonds. The molecule has 0 bridgehead atoms. The molecule has 0 spiro atoms. The van der Waals surface area contributed by atoms with Gasteiger partial charge < -0.3 is 5.11 Å². The van der Waals surface area contributed by atoms with E-state index in [1.807, 2.05) is 31.4 Å². The lowest BCUT2D eigenvalue weighted by molar-refractivity contribution is 0.209. The Morgan fingerprint density at radius 1 is 1.50 bits per heavy atom. The SMILES string of the molecule is CC(C)n1ncc(Cl)c1C(O)c1cccs1. The molecule has 2 aromatic heterocycles. The van der Waals surface area contributed by atoms with Gasteiger partial charge in [-0.05, 0) is 25.3 Å². The fraction of sp³-hybridized carbons (Fsp3) is 0.364. The van der Waals surface area contributed by atoms with Gasteiger partial charge >= 0.3 is 0 Å². The molecular weight excluding hydrogens is 244 g/mol. The Balaban J connectivity index is 2.43. The Hall–Kier alpha value is -0.840. The molecule has 1 N–H and O–H groups in total. The molecule has 3 nitrogen and oxygen atoms in total. The molecule has 16 heavy (non-hydrogen) atoms. The van der Waals surface area contributed by atoms with Crippen molar-refractivity contribution in [2.75, 3.05) is 0 Å². The van der Waals surface area contributed by atoms with Gasteiger partial charge in [0.2, 0.25) is 0 Å². The molecule has 5 heteroatoms. The van der Waals surface area contributed by atoms with Gasteiger partial charge in [-0.3, -0.25) is 4.68 Å². The van der Waals surface area contributed by atoms with Crippen LogP contribution in [0.5, 0.6) is 0 Å². The summed E-state index contributed by atoms with van der Waals surface area (Å²) in [7, 11) is 0. The lowest BCUT2D eigenvalue weighted by Gasteiger charge is -2.15. The summed E-state index contributed by atoms with van der Waals surface area (Å²) < 4.78 is 1.76. The first-order chi connectivity index (χ1) is 7.61. The van der Waals surface area contributed by atoms with Crippen molar-refractivity contribution in [2.24, 2.45) is 0 Å². The zero-order valence-electron chi connectivity index (χ0n) is 9.09. The number of aliphatic hydroxyl groups excluding tert-OH is 1. The highest BCUT2D eigenvalue weighted by Crippen LogP contribution is 2.31. The molecule has 0 aromatic carbocycles. The van der Waals surface area contributed by atoms with Crippen molar-refractivity contribution in [3.05, 3.63) is 39.3 Å². The second-order valence-electron chi connectivity index (χ2n) is 3.83. The van der Waals surface area contributed by atoms with E-state index in [2.05, 4.69) is 5.10 Å². The van der Waals surface area contributed by atoms with E-state index in [-0.39, 0.29) is 6.04 Å². The minimum absolute atomic E-state index is 0.178. The van der Waals surface area contributed by atoms with E-state index < -0.39 is 6.10 Å². The maximum atomic E-state index is 10.2. The van der Waals surface area contributed by atoms with Crippen LogP contribution in [0.25, 0.3) is 0 Å². The van der Waals surface area contributed by atoms with Gasteiger partial charge in [0.1, 0.15) is 6.10 Å². The molecule has 1 unspecified atom stereocenters. The molecule has 0 aliphatic rings. The van der Waals surface area contributed by atoms with Gasteiger partial charge in [-0.2, -0.15) is 5.10 Å². The van der Waals surface area contributed by atoms with E-state index in [1.165, 1.54) is 11.3 Å². The average molecular weight is 257 g/mol. The number of nitrogens with zero attached hydrogens (tertiary/aromatic N) is 2. The highest BCUT2D eigenvalue weighted by atomic mass is 35.5. The first kappa shape index (κ1) is 11.6. The average Bonchev–Trinajstić information content (AvgIpc) is 2.84. The zero-order chi connectivity index (χ0) is 11.7. The largest absolute Gasteiger partial charge is 0.381 e. The zero-order valence-corrected chi connectivity index (χ0v) is 10.7. The molecule has 86 valence electrons. The fourth-order valence-electron chi connectivity index (χ4n) is 1.60. The van der Waals surface area contributed by atoms with E-state index >= 15 is 0 Å². The van der Waals surface area contributed by atoms with E-state index in [9.17, 15) is 5.11 Å². The predicted molar refractivity (Wildman–Crippen MR) is 66.0 cm³/mol. The molecule has 0 radical (unpaired) electrons. The second-order valence-corrected chi connectivity index (χ2v) is 5.22. The smallest absolute Gasteiger partial charge is 0.131 e. The summed E-state index contributed by atoms with van der Waals surface area (Å²) in [5.74, 6) is 0. The number of hydrogen-bond acceptors (Lipinski definition) is 3. The van der Waals surface area contributed by atoms with E-state index in [1.54, 1.807) is 10.9 Å².